The predicted molar refractivity (Wildman–Crippen MR) is 106 cm³/mol. The van der Waals surface area contributed by atoms with E-state index < -0.39 is 12.8 Å². The van der Waals surface area contributed by atoms with E-state index in [2.05, 4.69) is 39.8 Å². The quantitative estimate of drug-likeness (QED) is 0.563. The summed E-state index contributed by atoms with van der Waals surface area (Å²) in [6, 6.07) is 4.87. The fourth-order valence-electron chi connectivity index (χ4n) is 2.91. The van der Waals surface area contributed by atoms with Gasteiger partial charge in [0.25, 0.3) is 0 Å². The van der Waals surface area contributed by atoms with Crippen molar-refractivity contribution in [2.45, 2.75) is 19.6 Å². The number of pyridine rings is 1. The number of guanidine groups is 1. The van der Waals surface area contributed by atoms with Gasteiger partial charge in [-0.25, -0.2) is 19.9 Å². The van der Waals surface area contributed by atoms with E-state index in [1.807, 2.05) is 6.92 Å². The van der Waals surface area contributed by atoms with Gasteiger partial charge in [0.1, 0.15) is 0 Å². The van der Waals surface area contributed by atoms with Crippen molar-refractivity contribution < 1.29 is 17.9 Å². The smallest absolute Gasteiger partial charge is 0.422 e. The van der Waals surface area contributed by atoms with E-state index in [9.17, 15) is 13.2 Å². The van der Waals surface area contributed by atoms with Crippen molar-refractivity contribution in [3.8, 4) is 5.88 Å². The first kappa shape index (κ1) is 21.6. The number of nitrogens with one attached hydrogen (secondary N) is 1. The summed E-state index contributed by atoms with van der Waals surface area (Å²) in [5.74, 6) is 1.44. The Morgan fingerprint density at radius 2 is 1.87 bits per heavy atom. The minimum atomic E-state index is -4.39. The third kappa shape index (κ3) is 6.46. The van der Waals surface area contributed by atoms with Crippen molar-refractivity contribution in [1.29, 1.82) is 0 Å². The van der Waals surface area contributed by atoms with Gasteiger partial charge in [-0.1, -0.05) is 6.07 Å². The Bertz CT molecular complexity index is 807. The predicted octanol–water partition coefficient (Wildman–Crippen LogP) is 2.10. The molecule has 0 atom stereocenters. The molecule has 0 radical (unpaired) electrons. The molecule has 2 aromatic heterocycles. The summed E-state index contributed by atoms with van der Waals surface area (Å²) in [6.45, 7) is 4.82. The van der Waals surface area contributed by atoms with Gasteiger partial charge in [0.15, 0.2) is 12.6 Å². The molecule has 30 heavy (non-hydrogen) atoms. The molecule has 3 heterocycles. The average Bonchev–Trinajstić information content (AvgIpc) is 2.76. The van der Waals surface area contributed by atoms with Crippen LogP contribution in [-0.2, 0) is 6.54 Å². The summed E-state index contributed by atoms with van der Waals surface area (Å²) in [4.78, 5) is 21.4. The van der Waals surface area contributed by atoms with Crippen LogP contribution in [0.25, 0.3) is 0 Å². The van der Waals surface area contributed by atoms with E-state index in [0.29, 0.717) is 6.54 Å². The lowest BCUT2D eigenvalue weighted by Crippen LogP contribution is -2.52. The molecule has 0 aromatic carbocycles. The first-order valence-corrected chi connectivity index (χ1v) is 9.64. The molecular formula is C19H24F3N7O. The molecule has 8 nitrogen and oxygen atoms in total. The fraction of sp³-hybridized carbons (Fsp3) is 0.474. The second-order valence-electron chi connectivity index (χ2n) is 6.60. The number of aliphatic imine (C=N–C) groups is 1. The summed E-state index contributed by atoms with van der Waals surface area (Å²) in [6.07, 6.45) is 0.549. The second-order valence-corrected chi connectivity index (χ2v) is 6.60. The first-order chi connectivity index (χ1) is 14.4. The average molecular weight is 423 g/mol. The van der Waals surface area contributed by atoms with Crippen LogP contribution in [0.2, 0.25) is 0 Å². The van der Waals surface area contributed by atoms with Crippen LogP contribution in [0.4, 0.5) is 19.1 Å². The number of nitrogens with zero attached hydrogens (tertiary/aromatic N) is 6. The summed E-state index contributed by atoms with van der Waals surface area (Å²) in [7, 11) is 0. The number of ether oxygens (including phenoxy) is 1. The van der Waals surface area contributed by atoms with Gasteiger partial charge in [0.2, 0.25) is 11.8 Å². The van der Waals surface area contributed by atoms with Crippen LogP contribution >= 0.6 is 0 Å². The van der Waals surface area contributed by atoms with Gasteiger partial charge in [0.05, 0.1) is 6.54 Å². The van der Waals surface area contributed by atoms with Crippen LogP contribution in [-0.4, -0.2) is 71.3 Å². The maximum atomic E-state index is 12.2. The van der Waals surface area contributed by atoms with E-state index in [0.717, 1.165) is 50.2 Å². The van der Waals surface area contributed by atoms with Gasteiger partial charge in [0, 0.05) is 57.4 Å². The summed E-state index contributed by atoms with van der Waals surface area (Å²) < 4.78 is 41.2. The SMILES string of the molecule is CCNC(=NCc1ccc(OCC(F)(F)F)nc1)N1CCN(c2ncccn2)CC1. The number of rotatable bonds is 6. The van der Waals surface area contributed by atoms with Crippen LogP contribution in [0.15, 0.2) is 41.8 Å². The molecule has 0 spiro atoms. The molecule has 1 aliphatic heterocycles. The second kappa shape index (κ2) is 10.1. The standard InChI is InChI=1S/C19H24F3N7O/c1-2-23-17(28-8-10-29(11-9-28)18-24-6-3-7-25-18)27-13-15-4-5-16(26-12-15)30-14-19(20,21)22/h3-7,12H,2,8-11,13-14H2,1H3,(H,23,27). The fourth-order valence-corrected chi connectivity index (χ4v) is 2.91. The highest BCUT2D eigenvalue weighted by Crippen LogP contribution is 2.17. The van der Waals surface area contributed by atoms with Crippen molar-refractivity contribution >= 4 is 11.9 Å². The van der Waals surface area contributed by atoms with Gasteiger partial charge in [-0.05, 0) is 18.6 Å². The lowest BCUT2D eigenvalue weighted by molar-refractivity contribution is -0.154. The van der Waals surface area contributed by atoms with Crippen molar-refractivity contribution in [3.63, 3.8) is 0 Å². The molecule has 1 aliphatic rings. The molecule has 0 saturated carbocycles. The Hall–Kier alpha value is -3.11. The number of piperazine rings is 1. The third-order valence-corrected chi connectivity index (χ3v) is 4.34. The maximum absolute atomic E-state index is 12.2. The van der Waals surface area contributed by atoms with E-state index in [-0.39, 0.29) is 5.88 Å². The van der Waals surface area contributed by atoms with Crippen LogP contribution < -0.4 is 15.0 Å². The maximum Gasteiger partial charge on any atom is 0.422 e. The molecular weight excluding hydrogens is 399 g/mol. The molecule has 1 N–H and O–H groups in total. The van der Waals surface area contributed by atoms with E-state index >= 15 is 0 Å². The number of hydrogen-bond acceptors (Lipinski definition) is 6. The number of hydrogen-bond donors (Lipinski definition) is 1. The monoisotopic (exact) mass is 423 g/mol. The number of halogens is 3. The zero-order chi connectivity index (χ0) is 21.4. The summed E-state index contributed by atoms with van der Waals surface area (Å²) in [5.41, 5.74) is 0.779. The van der Waals surface area contributed by atoms with Gasteiger partial charge < -0.3 is 19.9 Å². The molecule has 0 unspecified atom stereocenters. The molecule has 2 aromatic rings. The molecule has 162 valence electrons. The highest BCUT2D eigenvalue weighted by molar-refractivity contribution is 5.80. The van der Waals surface area contributed by atoms with E-state index in [4.69, 9.17) is 0 Å². The molecule has 1 fully saturated rings. The third-order valence-electron chi connectivity index (χ3n) is 4.34. The van der Waals surface area contributed by atoms with Crippen molar-refractivity contribution in [2.24, 2.45) is 4.99 Å². The van der Waals surface area contributed by atoms with Crippen LogP contribution in [0.3, 0.4) is 0 Å². The van der Waals surface area contributed by atoms with Crippen molar-refractivity contribution in [2.75, 3.05) is 44.2 Å². The molecule has 11 heteroatoms. The Balaban J connectivity index is 1.56. The molecule has 3 rings (SSSR count). The lowest BCUT2D eigenvalue weighted by Gasteiger charge is -2.36. The van der Waals surface area contributed by atoms with Gasteiger partial charge in [-0.15, -0.1) is 0 Å². The Labute approximate surface area is 172 Å². The normalized spacial score (nSPS) is 15.3. The van der Waals surface area contributed by atoms with E-state index in [1.54, 1.807) is 24.5 Å². The minimum Gasteiger partial charge on any atom is -0.468 e. The molecule has 0 aliphatic carbocycles. The summed E-state index contributed by atoms with van der Waals surface area (Å²) >= 11 is 0. The molecule has 0 bridgehead atoms. The summed E-state index contributed by atoms with van der Waals surface area (Å²) in [5, 5.41) is 3.28. The topological polar surface area (TPSA) is 78.8 Å². The number of alkyl halides is 3. The largest absolute Gasteiger partial charge is 0.468 e. The van der Waals surface area contributed by atoms with Crippen molar-refractivity contribution in [3.05, 3.63) is 42.4 Å². The Morgan fingerprint density at radius 1 is 1.13 bits per heavy atom. The Morgan fingerprint density at radius 3 is 2.47 bits per heavy atom. The lowest BCUT2D eigenvalue weighted by atomic mass is 10.3. The molecule has 1 saturated heterocycles. The zero-order valence-electron chi connectivity index (χ0n) is 16.6. The minimum absolute atomic E-state index is 0.0637. The zero-order valence-corrected chi connectivity index (χ0v) is 16.6. The van der Waals surface area contributed by atoms with Gasteiger partial charge in [-0.3, -0.25) is 0 Å². The van der Waals surface area contributed by atoms with Gasteiger partial charge >= 0.3 is 6.18 Å². The first-order valence-electron chi connectivity index (χ1n) is 9.64. The molecule has 0 amide bonds. The van der Waals surface area contributed by atoms with Gasteiger partial charge in [-0.2, -0.15) is 13.2 Å². The van der Waals surface area contributed by atoms with Crippen LogP contribution in [0.5, 0.6) is 5.88 Å². The Kier molecular flexibility index (Phi) is 7.26. The van der Waals surface area contributed by atoms with Crippen molar-refractivity contribution in [1.82, 2.24) is 25.2 Å². The number of aromatic nitrogens is 3. The van der Waals surface area contributed by atoms with Crippen LogP contribution in [0.1, 0.15) is 12.5 Å². The van der Waals surface area contributed by atoms with Crippen LogP contribution in [0, 0.1) is 0 Å². The highest BCUT2D eigenvalue weighted by atomic mass is 19.4. The highest BCUT2D eigenvalue weighted by Gasteiger charge is 2.28. The number of anilines is 1. The van der Waals surface area contributed by atoms with E-state index in [1.165, 1.54) is 12.3 Å².